The molecule has 0 bridgehead atoms. The first-order chi connectivity index (χ1) is 10.1. The summed E-state index contributed by atoms with van der Waals surface area (Å²) in [6, 6.07) is 7.27. The van der Waals surface area contributed by atoms with E-state index in [2.05, 4.69) is 15.3 Å². The Bertz CT molecular complexity index is 529. The highest BCUT2D eigenvalue weighted by Crippen LogP contribution is 2.30. The molecule has 1 aromatic carbocycles. The molecule has 114 valence electrons. The molecule has 0 aliphatic rings. The molecule has 0 aliphatic heterocycles. The monoisotopic (exact) mass is 292 g/mol. The number of para-hydroxylation sites is 1. The summed E-state index contributed by atoms with van der Waals surface area (Å²) < 4.78 is 10.2. The number of methoxy groups -OCH3 is 2. The second kappa shape index (κ2) is 8.14. The number of hydrogen-bond donors (Lipinski definition) is 1. The van der Waals surface area contributed by atoms with Crippen molar-refractivity contribution in [1.82, 2.24) is 5.32 Å². The first-order valence-corrected chi connectivity index (χ1v) is 6.58. The molecule has 0 aliphatic carbocycles. The Hall–Kier alpha value is -2.24. The van der Waals surface area contributed by atoms with E-state index in [-0.39, 0.29) is 0 Å². The van der Waals surface area contributed by atoms with Gasteiger partial charge in [0.25, 0.3) is 0 Å². The van der Waals surface area contributed by atoms with Gasteiger partial charge in [-0.3, -0.25) is 5.32 Å². The van der Waals surface area contributed by atoms with Gasteiger partial charge in [0.1, 0.15) is 11.3 Å². The maximum absolute atomic E-state index is 12.2. The molecular formula is C14H20N4O3. The van der Waals surface area contributed by atoms with Crippen LogP contribution in [0.5, 0.6) is 5.75 Å². The minimum Gasteiger partial charge on any atom is -0.496 e. The number of rotatable bonds is 8. The number of ether oxygens (including phenoxy) is 2. The first-order valence-electron chi connectivity index (χ1n) is 6.58. The van der Waals surface area contributed by atoms with Gasteiger partial charge in [-0.05, 0) is 31.5 Å². The summed E-state index contributed by atoms with van der Waals surface area (Å²) in [7, 11) is 2.90. The zero-order valence-corrected chi connectivity index (χ0v) is 12.5. The molecule has 0 aromatic heterocycles. The summed E-state index contributed by atoms with van der Waals surface area (Å²) in [5.41, 5.74) is 7.91. The Morgan fingerprint density at radius 2 is 2.14 bits per heavy atom. The van der Waals surface area contributed by atoms with Crippen LogP contribution in [0.25, 0.3) is 10.4 Å². The van der Waals surface area contributed by atoms with E-state index in [0.717, 1.165) is 0 Å². The smallest absolute Gasteiger partial charge is 0.330 e. The van der Waals surface area contributed by atoms with E-state index in [1.165, 1.54) is 7.11 Å². The van der Waals surface area contributed by atoms with Crippen LogP contribution < -0.4 is 10.1 Å². The van der Waals surface area contributed by atoms with Crippen molar-refractivity contribution in [1.29, 1.82) is 0 Å². The molecule has 1 atom stereocenters. The quantitative estimate of drug-likeness (QED) is 0.261. The maximum Gasteiger partial charge on any atom is 0.330 e. The molecule has 0 spiro atoms. The van der Waals surface area contributed by atoms with Crippen LogP contribution in [0.4, 0.5) is 0 Å². The Morgan fingerprint density at radius 3 is 2.76 bits per heavy atom. The number of hydrogen-bond acceptors (Lipinski definition) is 5. The van der Waals surface area contributed by atoms with Crippen molar-refractivity contribution >= 4 is 5.97 Å². The normalized spacial score (nSPS) is 12.9. The third-order valence-corrected chi connectivity index (χ3v) is 3.22. The first kappa shape index (κ1) is 16.8. The molecule has 1 aromatic rings. The highest BCUT2D eigenvalue weighted by atomic mass is 16.5. The molecular weight excluding hydrogens is 272 g/mol. The number of esters is 1. The molecule has 0 saturated heterocycles. The van der Waals surface area contributed by atoms with E-state index in [1.54, 1.807) is 20.1 Å². The van der Waals surface area contributed by atoms with Crippen LogP contribution in [0.1, 0.15) is 18.9 Å². The van der Waals surface area contributed by atoms with Gasteiger partial charge in [-0.15, -0.1) is 0 Å². The van der Waals surface area contributed by atoms with Crippen molar-refractivity contribution < 1.29 is 14.3 Å². The molecule has 1 rings (SSSR count). The standard InChI is InChI=1S/C14H20N4O3/c1-14(13(19)21-3,16-9-6-10-17-18-15)11-7-4-5-8-12(11)20-2/h4-5,7-8,16H,6,9-10H2,1-3H3. The second-order valence-corrected chi connectivity index (χ2v) is 4.55. The summed E-state index contributed by atoms with van der Waals surface area (Å²) in [5.74, 6) is 0.198. The van der Waals surface area contributed by atoms with E-state index < -0.39 is 11.5 Å². The zero-order valence-electron chi connectivity index (χ0n) is 12.5. The van der Waals surface area contributed by atoms with E-state index in [0.29, 0.717) is 30.8 Å². The summed E-state index contributed by atoms with van der Waals surface area (Å²) in [4.78, 5) is 14.9. The number of azide groups is 1. The van der Waals surface area contributed by atoms with Crippen LogP contribution >= 0.6 is 0 Å². The highest BCUT2D eigenvalue weighted by Gasteiger charge is 2.38. The van der Waals surface area contributed by atoms with Gasteiger partial charge < -0.3 is 9.47 Å². The van der Waals surface area contributed by atoms with E-state index in [4.69, 9.17) is 15.0 Å². The topological polar surface area (TPSA) is 96.3 Å². The van der Waals surface area contributed by atoms with Gasteiger partial charge in [0.05, 0.1) is 14.2 Å². The lowest BCUT2D eigenvalue weighted by Gasteiger charge is -2.29. The Kier molecular flexibility index (Phi) is 6.52. The van der Waals surface area contributed by atoms with Crippen LogP contribution in [-0.4, -0.2) is 33.3 Å². The van der Waals surface area contributed by atoms with Crippen LogP contribution in [0.2, 0.25) is 0 Å². The van der Waals surface area contributed by atoms with Crippen molar-refractivity contribution in [3.05, 3.63) is 40.3 Å². The van der Waals surface area contributed by atoms with Gasteiger partial charge in [0.15, 0.2) is 0 Å². The van der Waals surface area contributed by atoms with Crippen molar-refractivity contribution in [3.63, 3.8) is 0 Å². The summed E-state index contributed by atoms with van der Waals surface area (Å²) in [5, 5.41) is 6.62. The lowest BCUT2D eigenvalue weighted by molar-refractivity contribution is -0.148. The molecule has 7 nitrogen and oxygen atoms in total. The minimum atomic E-state index is -1.03. The number of carbonyl (C=O) groups excluding carboxylic acids is 1. The van der Waals surface area contributed by atoms with Gasteiger partial charge >= 0.3 is 5.97 Å². The van der Waals surface area contributed by atoms with Crippen molar-refractivity contribution in [2.75, 3.05) is 27.3 Å². The molecule has 1 unspecified atom stereocenters. The third-order valence-electron chi connectivity index (χ3n) is 3.22. The zero-order chi connectivity index (χ0) is 15.7. The van der Waals surface area contributed by atoms with E-state index in [1.807, 2.05) is 18.2 Å². The van der Waals surface area contributed by atoms with Crippen molar-refractivity contribution in [3.8, 4) is 5.75 Å². The number of nitrogens with zero attached hydrogens (tertiary/aromatic N) is 3. The predicted molar refractivity (Wildman–Crippen MR) is 79.0 cm³/mol. The Morgan fingerprint density at radius 1 is 1.43 bits per heavy atom. The molecule has 0 amide bonds. The maximum atomic E-state index is 12.2. The molecule has 0 radical (unpaired) electrons. The van der Waals surface area contributed by atoms with Gasteiger partial charge in [0.2, 0.25) is 0 Å². The fourth-order valence-electron chi connectivity index (χ4n) is 2.07. The van der Waals surface area contributed by atoms with Gasteiger partial charge in [-0.25, -0.2) is 4.79 Å². The molecule has 0 heterocycles. The largest absolute Gasteiger partial charge is 0.496 e. The fraction of sp³-hybridized carbons (Fsp3) is 0.500. The van der Waals surface area contributed by atoms with Crippen LogP contribution in [-0.2, 0) is 15.1 Å². The summed E-state index contributed by atoms with van der Waals surface area (Å²) in [6.07, 6.45) is 0.617. The Labute approximate surface area is 123 Å². The van der Waals surface area contributed by atoms with Crippen LogP contribution in [0.15, 0.2) is 29.4 Å². The van der Waals surface area contributed by atoms with Crippen molar-refractivity contribution in [2.45, 2.75) is 18.9 Å². The number of carbonyl (C=O) groups is 1. The molecule has 21 heavy (non-hydrogen) atoms. The third kappa shape index (κ3) is 4.11. The summed E-state index contributed by atoms with van der Waals surface area (Å²) >= 11 is 0. The molecule has 7 heteroatoms. The molecule has 0 fully saturated rings. The Balaban J connectivity index is 2.97. The molecule has 0 saturated carbocycles. The van der Waals surface area contributed by atoms with Crippen LogP contribution in [0, 0.1) is 0 Å². The van der Waals surface area contributed by atoms with E-state index in [9.17, 15) is 4.79 Å². The average Bonchev–Trinajstić information content (AvgIpc) is 2.53. The average molecular weight is 292 g/mol. The summed E-state index contributed by atoms with van der Waals surface area (Å²) in [6.45, 7) is 2.61. The van der Waals surface area contributed by atoms with Gasteiger partial charge in [0, 0.05) is 17.0 Å². The van der Waals surface area contributed by atoms with Gasteiger partial charge in [-0.1, -0.05) is 23.3 Å². The number of nitrogens with one attached hydrogen (secondary N) is 1. The predicted octanol–water partition coefficient (Wildman–Crippen LogP) is 2.37. The second-order valence-electron chi connectivity index (χ2n) is 4.55. The minimum absolute atomic E-state index is 0.368. The van der Waals surface area contributed by atoms with E-state index >= 15 is 0 Å². The van der Waals surface area contributed by atoms with Crippen LogP contribution in [0.3, 0.4) is 0 Å². The molecule has 1 N–H and O–H groups in total. The van der Waals surface area contributed by atoms with Crippen molar-refractivity contribution in [2.24, 2.45) is 5.11 Å². The van der Waals surface area contributed by atoms with Gasteiger partial charge in [-0.2, -0.15) is 0 Å². The fourth-order valence-corrected chi connectivity index (χ4v) is 2.07. The highest BCUT2D eigenvalue weighted by molar-refractivity contribution is 5.83. The lowest BCUT2D eigenvalue weighted by Crippen LogP contribution is -2.48. The lowest BCUT2D eigenvalue weighted by atomic mass is 9.91. The SMILES string of the molecule is COC(=O)C(C)(NCCCN=[N+]=[N-])c1ccccc1OC. The number of benzene rings is 1.